The number of ether oxygens (including phenoxy) is 1. The minimum Gasteiger partial charge on any atom is -0.381 e. The van der Waals surface area contributed by atoms with E-state index in [1.807, 2.05) is 38.2 Å². The second kappa shape index (κ2) is 7.98. The van der Waals surface area contributed by atoms with Crippen LogP contribution in [0.4, 0.5) is 0 Å². The Hall–Kier alpha value is -0.830. The maximum Gasteiger partial charge on any atom is 0.193 e. The van der Waals surface area contributed by atoms with Gasteiger partial charge in [-0.15, -0.1) is 24.0 Å². The third-order valence-electron chi connectivity index (χ3n) is 3.73. The molecule has 0 radical (unpaired) electrons. The maximum absolute atomic E-state index is 5.48. The van der Waals surface area contributed by atoms with Crippen LogP contribution >= 0.6 is 24.0 Å². The van der Waals surface area contributed by atoms with E-state index in [9.17, 15) is 0 Å². The first-order valence-corrected chi connectivity index (χ1v) is 6.99. The topological polar surface area (TPSA) is 54.7 Å². The van der Waals surface area contributed by atoms with Crippen LogP contribution in [0.5, 0.6) is 0 Å². The zero-order chi connectivity index (χ0) is 14.6. The Morgan fingerprint density at radius 3 is 2.90 bits per heavy atom. The molecule has 0 saturated carbocycles. The van der Waals surface area contributed by atoms with Gasteiger partial charge in [0.1, 0.15) is 0 Å². The zero-order valence-electron chi connectivity index (χ0n) is 13.3. The van der Waals surface area contributed by atoms with Crippen LogP contribution in [0.1, 0.15) is 18.9 Å². The van der Waals surface area contributed by atoms with E-state index in [1.165, 1.54) is 5.56 Å². The number of hydrogen-bond donors (Lipinski definition) is 1. The van der Waals surface area contributed by atoms with E-state index in [0.717, 1.165) is 38.7 Å². The van der Waals surface area contributed by atoms with Crippen molar-refractivity contribution in [2.24, 2.45) is 17.5 Å². The monoisotopic (exact) mass is 407 g/mol. The fourth-order valence-electron chi connectivity index (χ4n) is 2.43. The van der Waals surface area contributed by atoms with Gasteiger partial charge in [0.25, 0.3) is 0 Å². The highest BCUT2D eigenvalue weighted by Crippen LogP contribution is 2.26. The molecule has 0 aromatic carbocycles. The number of aliphatic imine (C=N–C) groups is 1. The molecule has 1 unspecified atom stereocenters. The Morgan fingerprint density at radius 2 is 2.38 bits per heavy atom. The van der Waals surface area contributed by atoms with Crippen molar-refractivity contribution in [3.05, 3.63) is 18.0 Å². The first-order chi connectivity index (χ1) is 9.52. The molecule has 1 fully saturated rings. The molecule has 21 heavy (non-hydrogen) atoms. The van der Waals surface area contributed by atoms with E-state index in [2.05, 4.69) is 27.2 Å². The first-order valence-electron chi connectivity index (χ1n) is 6.99. The fraction of sp³-hybridized carbons (Fsp3) is 0.714. The van der Waals surface area contributed by atoms with Crippen molar-refractivity contribution in [1.29, 1.82) is 0 Å². The molecule has 0 aliphatic carbocycles. The third-order valence-corrected chi connectivity index (χ3v) is 3.73. The van der Waals surface area contributed by atoms with Crippen LogP contribution in [0.15, 0.2) is 17.4 Å². The Morgan fingerprint density at radius 1 is 1.62 bits per heavy atom. The van der Waals surface area contributed by atoms with E-state index in [-0.39, 0.29) is 29.4 Å². The number of hydrogen-bond acceptors (Lipinski definition) is 3. The van der Waals surface area contributed by atoms with Crippen LogP contribution in [0.2, 0.25) is 0 Å². The molecule has 1 aromatic rings. The summed E-state index contributed by atoms with van der Waals surface area (Å²) in [7, 11) is 5.78. The number of aryl methyl sites for hydroxylation is 1. The number of rotatable bonds is 4. The quantitative estimate of drug-likeness (QED) is 0.467. The Kier molecular flexibility index (Phi) is 6.92. The third kappa shape index (κ3) is 5.14. The predicted octanol–water partition coefficient (Wildman–Crippen LogP) is 1.47. The number of guanidine groups is 1. The van der Waals surface area contributed by atoms with Gasteiger partial charge in [0.2, 0.25) is 0 Å². The molecule has 1 saturated heterocycles. The molecule has 6 nitrogen and oxygen atoms in total. The summed E-state index contributed by atoms with van der Waals surface area (Å²) in [5.41, 5.74) is 1.39. The van der Waals surface area contributed by atoms with Crippen LogP contribution in [-0.4, -0.2) is 54.5 Å². The summed E-state index contributed by atoms with van der Waals surface area (Å²) in [6.07, 6.45) is 5.01. The molecule has 0 amide bonds. The Bertz CT molecular complexity index is 468. The molecule has 120 valence electrons. The van der Waals surface area contributed by atoms with Crippen molar-refractivity contribution in [1.82, 2.24) is 20.0 Å². The molecule has 1 N–H and O–H groups in total. The molecule has 1 aromatic heterocycles. The molecular weight excluding hydrogens is 381 g/mol. The molecule has 1 atom stereocenters. The summed E-state index contributed by atoms with van der Waals surface area (Å²) < 4.78 is 7.30. The van der Waals surface area contributed by atoms with Gasteiger partial charge in [0.15, 0.2) is 5.96 Å². The summed E-state index contributed by atoms with van der Waals surface area (Å²) in [4.78, 5) is 6.45. The van der Waals surface area contributed by atoms with Crippen LogP contribution in [-0.2, 0) is 18.3 Å². The maximum atomic E-state index is 5.48. The van der Waals surface area contributed by atoms with Crippen molar-refractivity contribution in [2.75, 3.05) is 33.9 Å². The molecule has 0 bridgehead atoms. The molecule has 1 aliphatic rings. The lowest BCUT2D eigenvalue weighted by Crippen LogP contribution is -2.43. The van der Waals surface area contributed by atoms with Crippen molar-refractivity contribution in [2.45, 2.75) is 19.9 Å². The van der Waals surface area contributed by atoms with Crippen LogP contribution < -0.4 is 5.32 Å². The van der Waals surface area contributed by atoms with Gasteiger partial charge >= 0.3 is 0 Å². The molecular formula is C14H26IN5O. The number of halogens is 1. The van der Waals surface area contributed by atoms with E-state index >= 15 is 0 Å². The second-order valence-electron chi connectivity index (χ2n) is 5.89. The highest BCUT2D eigenvalue weighted by atomic mass is 127. The largest absolute Gasteiger partial charge is 0.381 e. The van der Waals surface area contributed by atoms with Gasteiger partial charge < -0.3 is 15.0 Å². The highest BCUT2D eigenvalue weighted by Gasteiger charge is 2.29. The summed E-state index contributed by atoms with van der Waals surface area (Å²) in [6, 6.07) is 0. The highest BCUT2D eigenvalue weighted by molar-refractivity contribution is 14.0. The van der Waals surface area contributed by atoms with E-state index < -0.39 is 0 Å². The second-order valence-corrected chi connectivity index (χ2v) is 5.89. The van der Waals surface area contributed by atoms with E-state index in [1.54, 1.807) is 0 Å². The number of aromatic nitrogens is 2. The minimum atomic E-state index is 0. The van der Waals surface area contributed by atoms with Gasteiger partial charge in [-0.2, -0.15) is 5.10 Å². The molecule has 1 aliphatic heterocycles. The predicted molar refractivity (Wildman–Crippen MR) is 95.0 cm³/mol. The minimum absolute atomic E-state index is 0. The van der Waals surface area contributed by atoms with Crippen molar-refractivity contribution in [3.8, 4) is 0 Å². The number of nitrogens with zero attached hydrogens (tertiary/aromatic N) is 4. The van der Waals surface area contributed by atoms with Crippen molar-refractivity contribution < 1.29 is 4.74 Å². The lowest BCUT2D eigenvalue weighted by atomic mass is 9.90. The Balaban J connectivity index is 0.00000220. The van der Waals surface area contributed by atoms with Crippen LogP contribution in [0.3, 0.4) is 0 Å². The average molecular weight is 407 g/mol. The lowest BCUT2D eigenvalue weighted by Gasteiger charge is -2.27. The lowest BCUT2D eigenvalue weighted by molar-refractivity contribution is 0.160. The van der Waals surface area contributed by atoms with Gasteiger partial charge in [-0.25, -0.2) is 0 Å². The Labute approximate surface area is 144 Å². The molecule has 2 heterocycles. The standard InChI is InChI=1S/C14H25N5O.HI/c1-14(5-6-20-11-14)10-16-13(15-2)18(3)8-12-7-17-19(4)9-12;/h7,9H,5-6,8,10-11H2,1-4H3,(H,15,16);1H. The molecule has 0 spiro atoms. The summed E-state index contributed by atoms with van der Waals surface area (Å²) >= 11 is 0. The van der Waals surface area contributed by atoms with E-state index in [4.69, 9.17) is 4.74 Å². The normalized spacial score (nSPS) is 22.0. The van der Waals surface area contributed by atoms with Crippen LogP contribution in [0.25, 0.3) is 0 Å². The first kappa shape index (κ1) is 18.2. The van der Waals surface area contributed by atoms with Gasteiger partial charge in [0, 0.05) is 58.0 Å². The molecule has 2 rings (SSSR count). The summed E-state index contributed by atoms with van der Waals surface area (Å²) in [5, 5.41) is 7.64. The average Bonchev–Trinajstić information content (AvgIpc) is 3.00. The fourth-order valence-corrected chi connectivity index (χ4v) is 2.43. The summed E-state index contributed by atoms with van der Waals surface area (Å²) in [6.45, 7) is 5.62. The van der Waals surface area contributed by atoms with Gasteiger partial charge in [-0.05, 0) is 6.42 Å². The molecule has 7 heteroatoms. The number of nitrogens with one attached hydrogen (secondary N) is 1. The van der Waals surface area contributed by atoms with Crippen molar-refractivity contribution >= 4 is 29.9 Å². The summed E-state index contributed by atoms with van der Waals surface area (Å²) in [5.74, 6) is 0.905. The van der Waals surface area contributed by atoms with Gasteiger partial charge in [-0.3, -0.25) is 9.67 Å². The zero-order valence-corrected chi connectivity index (χ0v) is 15.6. The van der Waals surface area contributed by atoms with Gasteiger partial charge in [0.05, 0.1) is 12.8 Å². The SMILES string of the molecule is CN=C(NCC1(C)CCOC1)N(C)Cc1cnn(C)c1.I. The smallest absolute Gasteiger partial charge is 0.193 e. The van der Waals surface area contributed by atoms with Gasteiger partial charge in [-0.1, -0.05) is 6.92 Å². The van der Waals surface area contributed by atoms with Crippen LogP contribution in [0, 0.1) is 5.41 Å². The van der Waals surface area contributed by atoms with Crippen molar-refractivity contribution in [3.63, 3.8) is 0 Å². The van der Waals surface area contributed by atoms with E-state index in [0.29, 0.717) is 0 Å².